The number of H-pyrrole nitrogens is 1. The SMILES string of the molecule is O=c1[nH]cc(S(=O)(=O)Cl)c2cc(Cl)ncc12. The van der Waals surface area contributed by atoms with Gasteiger partial charge in [-0.15, -0.1) is 0 Å². The minimum Gasteiger partial charge on any atom is -0.327 e. The molecule has 0 aliphatic heterocycles. The highest BCUT2D eigenvalue weighted by Gasteiger charge is 2.16. The average molecular weight is 279 g/mol. The van der Waals surface area contributed by atoms with E-state index in [0.717, 1.165) is 6.20 Å². The molecular formula is C8H4Cl2N2O3S. The Kier molecular flexibility index (Phi) is 2.65. The van der Waals surface area contributed by atoms with Gasteiger partial charge in [0.2, 0.25) is 0 Å². The number of aromatic amines is 1. The van der Waals surface area contributed by atoms with Gasteiger partial charge in [0, 0.05) is 28.5 Å². The monoisotopic (exact) mass is 278 g/mol. The van der Waals surface area contributed by atoms with Gasteiger partial charge in [0.05, 0.1) is 5.39 Å². The molecule has 0 amide bonds. The molecule has 2 rings (SSSR count). The summed E-state index contributed by atoms with van der Waals surface area (Å²) in [4.78, 5) is 17.2. The van der Waals surface area contributed by atoms with E-state index in [1.165, 1.54) is 12.3 Å². The molecular weight excluding hydrogens is 275 g/mol. The summed E-state index contributed by atoms with van der Waals surface area (Å²) in [5, 5.41) is 0.351. The summed E-state index contributed by atoms with van der Waals surface area (Å²) in [6, 6.07) is 1.28. The molecule has 2 aromatic rings. The molecule has 0 radical (unpaired) electrons. The van der Waals surface area contributed by atoms with Gasteiger partial charge in [0.15, 0.2) is 0 Å². The Balaban J connectivity index is 3.04. The van der Waals surface area contributed by atoms with Crippen molar-refractivity contribution in [3.63, 3.8) is 0 Å². The Bertz CT molecular complexity index is 724. The molecule has 0 unspecified atom stereocenters. The van der Waals surface area contributed by atoms with Gasteiger partial charge >= 0.3 is 0 Å². The Morgan fingerprint density at radius 1 is 1.31 bits per heavy atom. The van der Waals surface area contributed by atoms with Crippen molar-refractivity contribution in [3.8, 4) is 0 Å². The largest absolute Gasteiger partial charge is 0.327 e. The number of aromatic nitrogens is 2. The van der Waals surface area contributed by atoms with Crippen LogP contribution in [0.5, 0.6) is 0 Å². The normalized spacial score (nSPS) is 11.9. The molecule has 0 aromatic carbocycles. The molecule has 0 aliphatic rings. The van der Waals surface area contributed by atoms with Gasteiger partial charge in [-0.05, 0) is 6.07 Å². The van der Waals surface area contributed by atoms with Crippen LogP contribution in [0.25, 0.3) is 10.8 Å². The van der Waals surface area contributed by atoms with Crippen LogP contribution in [0, 0.1) is 0 Å². The molecule has 0 fully saturated rings. The second-order valence-corrected chi connectivity index (χ2v) is 5.89. The van der Waals surface area contributed by atoms with E-state index in [4.69, 9.17) is 22.3 Å². The molecule has 0 saturated heterocycles. The molecule has 1 N–H and O–H groups in total. The van der Waals surface area contributed by atoms with Crippen molar-refractivity contribution in [2.75, 3.05) is 0 Å². The van der Waals surface area contributed by atoms with E-state index in [9.17, 15) is 13.2 Å². The zero-order chi connectivity index (χ0) is 11.9. The van der Waals surface area contributed by atoms with Crippen molar-refractivity contribution >= 4 is 42.1 Å². The van der Waals surface area contributed by atoms with Crippen LogP contribution < -0.4 is 5.56 Å². The molecule has 84 valence electrons. The molecule has 2 heterocycles. The lowest BCUT2D eigenvalue weighted by Gasteiger charge is -2.02. The smallest absolute Gasteiger partial charge is 0.263 e. The van der Waals surface area contributed by atoms with Crippen molar-refractivity contribution in [3.05, 3.63) is 34.0 Å². The van der Waals surface area contributed by atoms with E-state index >= 15 is 0 Å². The summed E-state index contributed by atoms with van der Waals surface area (Å²) in [6.07, 6.45) is 2.23. The molecule has 16 heavy (non-hydrogen) atoms. The molecule has 0 bridgehead atoms. The zero-order valence-corrected chi connectivity index (χ0v) is 9.90. The topological polar surface area (TPSA) is 79.9 Å². The lowest BCUT2D eigenvalue weighted by molar-refractivity contribution is 0.610. The van der Waals surface area contributed by atoms with Gasteiger partial charge in [-0.1, -0.05) is 11.6 Å². The lowest BCUT2D eigenvalue weighted by atomic mass is 10.2. The summed E-state index contributed by atoms with van der Waals surface area (Å²) in [6.45, 7) is 0. The summed E-state index contributed by atoms with van der Waals surface area (Å²) < 4.78 is 22.5. The van der Waals surface area contributed by atoms with Crippen molar-refractivity contribution in [1.29, 1.82) is 0 Å². The quantitative estimate of drug-likeness (QED) is 0.633. The van der Waals surface area contributed by atoms with Crippen LogP contribution in [-0.4, -0.2) is 18.4 Å². The van der Waals surface area contributed by atoms with Crippen LogP contribution in [0.3, 0.4) is 0 Å². The first kappa shape index (κ1) is 11.4. The third kappa shape index (κ3) is 1.91. The second kappa shape index (κ2) is 3.73. The zero-order valence-electron chi connectivity index (χ0n) is 7.57. The third-order valence-corrected chi connectivity index (χ3v) is 3.55. The fourth-order valence-corrected chi connectivity index (χ4v) is 2.48. The highest BCUT2D eigenvalue weighted by atomic mass is 35.7. The third-order valence-electron chi connectivity index (χ3n) is 1.98. The maximum atomic E-state index is 11.4. The van der Waals surface area contributed by atoms with Crippen LogP contribution in [-0.2, 0) is 9.05 Å². The number of hydrogen-bond donors (Lipinski definition) is 1. The van der Waals surface area contributed by atoms with Gasteiger partial charge in [0.25, 0.3) is 14.6 Å². The van der Waals surface area contributed by atoms with Crippen LogP contribution in [0.1, 0.15) is 0 Å². The highest BCUT2D eigenvalue weighted by Crippen LogP contribution is 2.24. The molecule has 5 nitrogen and oxygen atoms in total. The Morgan fingerprint density at radius 2 is 2.00 bits per heavy atom. The van der Waals surface area contributed by atoms with E-state index in [1.807, 2.05) is 0 Å². The Labute approximate surface area is 99.4 Å². The molecule has 0 spiro atoms. The van der Waals surface area contributed by atoms with Gasteiger partial charge in [-0.3, -0.25) is 4.79 Å². The van der Waals surface area contributed by atoms with E-state index in [2.05, 4.69) is 9.97 Å². The molecule has 0 atom stereocenters. The number of nitrogens with zero attached hydrogens (tertiary/aromatic N) is 1. The fourth-order valence-electron chi connectivity index (χ4n) is 1.30. The van der Waals surface area contributed by atoms with Crippen LogP contribution in [0.4, 0.5) is 0 Å². The van der Waals surface area contributed by atoms with E-state index in [-0.39, 0.29) is 20.8 Å². The summed E-state index contributed by atoms with van der Waals surface area (Å²) in [7, 11) is 1.28. The van der Waals surface area contributed by atoms with Crippen LogP contribution >= 0.6 is 22.3 Å². The minimum atomic E-state index is -3.95. The fraction of sp³-hybridized carbons (Fsp3) is 0. The van der Waals surface area contributed by atoms with Crippen molar-refractivity contribution in [2.24, 2.45) is 0 Å². The molecule has 8 heteroatoms. The molecule has 0 aliphatic carbocycles. The second-order valence-electron chi connectivity index (χ2n) is 2.97. The predicted molar refractivity (Wildman–Crippen MR) is 60.4 cm³/mol. The number of hydrogen-bond acceptors (Lipinski definition) is 4. The number of halogens is 2. The highest BCUT2D eigenvalue weighted by molar-refractivity contribution is 8.14. The van der Waals surface area contributed by atoms with Crippen LogP contribution in [0.15, 0.2) is 28.2 Å². The Hall–Kier alpha value is -1.11. The number of nitrogens with one attached hydrogen (secondary N) is 1. The number of rotatable bonds is 1. The minimum absolute atomic E-state index is 0.0830. The summed E-state index contributed by atoms with van der Waals surface area (Å²) >= 11 is 5.63. The molecule has 0 saturated carbocycles. The van der Waals surface area contributed by atoms with Crippen molar-refractivity contribution < 1.29 is 8.42 Å². The summed E-state index contributed by atoms with van der Waals surface area (Å²) in [5.41, 5.74) is -0.455. The first-order valence-electron chi connectivity index (χ1n) is 4.01. The van der Waals surface area contributed by atoms with Gasteiger partial charge in [0.1, 0.15) is 10.0 Å². The molecule has 2 aromatic heterocycles. The van der Waals surface area contributed by atoms with Gasteiger partial charge in [-0.2, -0.15) is 0 Å². The predicted octanol–water partition coefficient (Wildman–Crippen LogP) is 1.50. The van der Waals surface area contributed by atoms with Crippen molar-refractivity contribution in [2.45, 2.75) is 4.90 Å². The number of fused-ring (bicyclic) bond motifs is 1. The maximum Gasteiger partial charge on any atom is 0.263 e. The lowest BCUT2D eigenvalue weighted by Crippen LogP contribution is -2.08. The first-order valence-corrected chi connectivity index (χ1v) is 6.70. The first-order chi connectivity index (χ1) is 7.39. The Morgan fingerprint density at radius 3 is 2.62 bits per heavy atom. The average Bonchev–Trinajstić information content (AvgIpc) is 2.15. The van der Waals surface area contributed by atoms with E-state index < -0.39 is 14.6 Å². The van der Waals surface area contributed by atoms with Gasteiger partial charge < -0.3 is 4.98 Å². The van der Waals surface area contributed by atoms with Crippen molar-refractivity contribution in [1.82, 2.24) is 9.97 Å². The standard InChI is InChI=1S/C8H4Cl2N2O3S/c9-7-1-4-5(2-11-7)8(13)12-3-6(4)16(10,14)15/h1-3H,(H,12,13). The maximum absolute atomic E-state index is 11.4. The van der Waals surface area contributed by atoms with E-state index in [1.54, 1.807) is 0 Å². The van der Waals surface area contributed by atoms with Gasteiger partial charge in [-0.25, -0.2) is 13.4 Å². The van der Waals surface area contributed by atoms with Crippen LogP contribution in [0.2, 0.25) is 5.15 Å². The summed E-state index contributed by atoms with van der Waals surface area (Å²) in [5.74, 6) is 0. The number of pyridine rings is 2. The van der Waals surface area contributed by atoms with E-state index in [0.29, 0.717) is 0 Å².